The molecular weight excluding hydrogens is 168 g/mol. The molecule has 0 saturated heterocycles. The Labute approximate surface area is 81.9 Å². The van der Waals surface area contributed by atoms with Gasteiger partial charge in [0.1, 0.15) is 0 Å². The summed E-state index contributed by atoms with van der Waals surface area (Å²) in [6.45, 7) is 0. The lowest BCUT2D eigenvalue weighted by molar-refractivity contribution is 1.76. The monoisotopic (exact) mass is 176 g/mol. The van der Waals surface area contributed by atoms with Gasteiger partial charge in [0, 0.05) is 0 Å². The van der Waals surface area contributed by atoms with Gasteiger partial charge in [-0.3, -0.25) is 0 Å². The van der Waals surface area contributed by atoms with Gasteiger partial charge in [0.25, 0.3) is 0 Å². The first-order chi connectivity index (χ1) is 6.93. The average molecular weight is 176 g/mol. The van der Waals surface area contributed by atoms with Gasteiger partial charge in [0.2, 0.25) is 0 Å². The van der Waals surface area contributed by atoms with Crippen molar-refractivity contribution >= 4 is 11.1 Å². The molecule has 0 saturated carbocycles. The van der Waals surface area contributed by atoms with E-state index in [9.17, 15) is 0 Å². The molecule has 0 heteroatoms. The van der Waals surface area contributed by atoms with Crippen molar-refractivity contribution in [2.45, 2.75) is 0 Å². The molecule has 0 aromatic carbocycles. The van der Waals surface area contributed by atoms with Gasteiger partial charge in [-0.15, -0.1) is 0 Å². The van der Waals surface area contributed by atoms with E-state index in [4.69, 9.17) is 0 Å². The van der Waals surface area contributed by atoms with Crippen LogP contribution in [0.15, 0.2) is 48.6 Å². The molecule has 0 N–H and O–H groups in total. The van der Waals surface area contributed by atoms with Crippen molar-refractivity contribution in [1.82, 2.24) is 0 Å². The van der Waals surface area contributed by atoms with Gasteiger partial charge in [-0.05, 0) is 44.8 Å². The molecular formula is C14H8. The Balaban J connectivity index is 2.02. The van der Waals surface area contributed by atoms with Crippen LogP contribution in [0.2, 0.25) is 0 Å². The fourth-order valence-electron chi connectivity index (χ4n) is 2.12. The second-order valence-electron chi connectivity index (χ2n) is 3.91. The highest BCUT2D eigenvalue weighted by Gasteiger charge is 2.21. The third-order valence-electron chi connectivity index (χ3n) is 2.98. The number of hydrogen-bond donors (Lipinski definition) is 0. The first-order valence-electron chi connectivity index (χ1n) is 4.89. The minimum absolute atomic E-state index is 1.37. The summed E-state index contributed by atoms with van der Waals surface area (Å²) in [5.41, 5.74) is 5.68. The Bertz CT molecular complexity index is 613. The quantitative estimate of drug-likeness (QED) is 0.572. The van der Waals surface area contributed by atoms with E-state index < -0.39 is 0 Å². The Morgan fingerprint density at radius 3 is 1.86 bits per heavy atom. The van der Waals surface area contributed by atoms with Crippen molar-refractivity contribution in [3.05, 3.63) is 59.0 Å². The lowest BCUT2D eigenvalue weighted by Crippen LogP contribution is -1.96. The summed E-state index contributed by atoms with van der Waals surface area (Å²) in [5.74, 6) is 0. The van der Waals surface area contributed by atoms with E-state index in [1.165, 1.54) is 32.7 Å². The van der Waals surface area contributed by atoms with Crippen LogP contribution in [0.5, 0.6) is 0 Å². The van der Waals surface area contributed by atoms with Gasteiger partial charge in [0.15, 0.2) is 0 Å². The first-order valence-corrected chi connectivity index (χ1v) is 4.89. The van der Waals surface area contributed by atoms with Crippen LogP contribution in [0.4, 0.5) is 0 Å². The molecule has 0 atom stereocenters. The Morgan fingerprint density at radius 1 is 0.643 bits per heavy atom. The molecule has 4 aliphatic rings. The van der Waals surface area contributed by atoms with Gasteiger partial charge < -0.3 is 0 Å². The summed E-state index contributed by atoms with van der Waals surface area (Å²) in [4.78, 5) is 0. The maximum Gasteiger partial charge on any atom is -0.00259 e. The molecule has 0 nitrogen and oxygen atoms in total. The Kier molecular flexibility index (Phi) is 0.935. The van der Waals surface area contributed by atoms with Gasteiger partial charge in [-0.25, -0.2) is 0 Å². The second-order valence-corrected chi connectivity index (χ2v) is 3.91. The lowest BCUT2D eigenvalue weighted by atomic mass is 10.3. The summed E-state index contributed by atoms with van der Waals surface area (Å²) in [6, 6.07) is 4.60. The van der Waals surface area contributed by atoms with Crippen molar-refractivity contribution < 1.29 is 0 Å². The first kappa shape index (κ1) is 6.61. The smallest absolute Gasteiger partial charge is 0.00259 e. The van der Waals surface area contributed by atoms with E-state index in [2.05, 4.69) is 48.6 Å². The Hall–Kier alpha value is -1.82. The van der Waals surface area contributed by atoms with Crippen LogP contribution < -0.4 is 10.4 Å². The van der Waals surface area contributed by atoms with Crippen LogP contribution in [-0.2, 0) is 0 Å². The molecule has 14 heavy (non-hydrogen) atoms. The van der Waals surface area contributed by atoms with Gasteiger partial charge in [0.05, 0.1) is 0 Å². The van der Waals surface area contributed by atoms with E-state index in [1.807, 2.05) is 0 Å². The van der Waals surface area contributed by atoms with Crippen molar-refractivity contribution in [2.24, 2.45) is 0 Å². The summed E-state index contributed by atoms with van der Waals surface area (Å²) < 4.78 is 0. The average Bonchev–Trinajstić information content (AvgIpc) is 3.05. The van der Waals surface area contributed by atoms with E-state index in [1.54, 1.807) is 0 Å². The fraction of sp³-hybridized carbons (Fsp3) is 0. The zero-order chi connectivity index (χ0) is 9.12. The van der Waals surface area contributed by atoms with Crippen molar-refractivity contribution in [3.63, 3.8) is 0 Å². The molecule has 0 heterocycles. The molecule has 0 aromatic rings. The zero-order valence-electron chi connectivity index (χ0n) is 7.62. The fourth-order valence-corrected chi connectivity index (χ4v) is 2.12. The van der Waals surface area contributed by atoms with Crippen molar-refractivity contribution in [1.29, 1.82) is 0 Å². The van der Waals surface area contributed by atoms with Gasteiger partial charge in [-0.1, -0.05) is 36.5 Å². The standard InChI is InChI=1S/C14H8/c1-2-4-10(3-1)14-12-7-11(8-13(12)14)9-5-6-9/h1-8H. The molecule has 0 bridgehead atoms. The third-order valence-corrected chi connectivity index (χ3v) is 2.98. The van der Waals surface area contributed by atoms with Crippen LogP contribution in [-0.4, -0.2) is 0 Å². The van der Waals surface area contributed by atoms with Crippen LogP contribution >= 0.6 is 0 Å². The summed E-state index contributed by atoms with van der Waals surface area (Å²) in [6.07, 6.45) is 12.9. The van der Waals surface area contributed by atoms with Crippen molar-refractivity contribution in [3.8, 4) is 11.1 Å². The predicted octanol–water partition coefficient (Wildman–Crippen LogP) is 1.66. The largest absolute Gasteiger partial charge is 0.0616 e. The third kappa shape index (κ3) is 0.734. The topological polar surface area (TPSA) is 0 Å². The maximum atomic E-state index is 2.30. The number of rotatable bonds is 0. The van der Waals surface area contributed by atoms with E-state index in [-0.39, 0.29) is 0 Å². The zero-order valence-corrected chi connectivity index (χ0v) is 7.62. The highest BCUT2D eigenvalue weighted by Crippen LogP contribution is 2.27. The maximum absolute atomic E-state index is 2.30. The van der Waals surface area contributed by atoms with E-state index in [0.717, 1.165) is 0 Å². The molecule has 0 spiro atoms. The van der Waals surface area contributed by atoms with Crippen LogP contribution in [0.25, 0.3) is 22.3 Å². The number of allylic oxidation sites excluding steroid dienone is 6. The van der Waals surface area contributed by atoms with Crippen LogP contribution in [0, 0.1) is 0 Å². The van der Waals surface area contributed by atoms with Crippen LogP contribution in [0.3, 0.4) is 0 Å². The molecule has 4 aliphatic carbocycles. The summed E-state index contributed by atoms with van der Waals surface area (Å²) in [7, 11) is 0. The van der Waals surface area contributed by atoms with Crippen LogP contribution in [0.1, 0.15) is 0 Å². The molecule has 0 aliphatic heterocycles. The predicted molar refractivity (Wildman–Crippen MR) is 58.9 cm³/mol. The normalized spacial score (nSPS) is 18.3. The lowest BCUT2D eigenvalue weighted by Gasteiger charge is -1.79. The second kappa shape index (κ2) is 1.98. The Morgan fingerprint density at radius 2 is 1.29 bits per heavy atom. The van der Waals surface area contributed by atoms with E-state index >= 15 is 0 Å². The van der Waals surface area contributed by atoms with Gasteiger partial charge >= 0.3 is 0 Å². The minimum Gasteiger partial charge on any atom is -0.0616 e. The molecule has 64 valence electrons. The molecule has 4 rings (SSSR count). The van der Waals surface area contributed by atoms with E-state index in [0.29, 0.717) is 0 Å². The highest BCUT2D eigenvalue weighted by molar-refractivity contribution is 5.94. The summed E-state index contributed by atoms with van der Waals surface area (Å²) in [5, 5.41) is 2.85. The summed E-state index contributed by atoms with van der Waals surface area (Å²) >= 11 is 0. The van der Waals surface area contributed by atoms with Gasteiger partial charge in [-0.2, -0.15) is 0 Å². The molecule has 0 fully saturated rings. The molecule has 0 radical (unpaired) electrons. The molecule has 0 unspecified atom stereocenters. The SMILES string of the molecule is C1=CC(=c2c3cc(=C4C=C4)cc2-3)C=C1. The number of fused-ring (bicyclic) bond motifs is 1. The number of hydrogen-bond acceptors (Lipinski definition) is 0. The molecule has 0 aromatic heterocycles. The highest BCUT2D eigenvalue weighted by atomic mass is 14.2. The minimum atomic E-state index is 1.37. The van der Waals surface area contributed by atoms with Crippen molar-refractivity contribution in [2.75, 3.05) is 0 Å². The number of benzene rings is 1. The molecule has 0 amide bonds.